The Balaban J connectivity index is 2.07. The van der Waals surface area contributed by atoms with Gasteiger partial charge in [0.1, 0.15) is 0 Å². The Morgan fingerprint density at radius 1 is 1.39 bits per heavy atom. The minimum atomic E-state index is -0.481. The number of rotatable bonds is 6. The topological polar surface area (TPSA) is 80.4 Å². The van der Waals surface area contributed by atoms with Crippen LogP contribution in [0.15, 0.2) is 55.3 Å². The summed E-state index contributed by atoms with van der Waals surface area (Å²) in [5.74, 6) is 0. The third-order valence-corrected chi connectivity index (χ3v) is 3.37. The summed E-state index contributed by atoms with van der Waals surface area (Å²) in [6, 6.07) is 9.27. The molecule has 0 saturated heterocycles. The summed E-state index contributed by atoms with van der Waals surface area (Å²) in [6.45, 7) is 4.50. The summed E-state index contributed by atoms with van der Waals surface area (Å²) >= 11 is 0. The van der Waals surface area contributed by atoms with Crippen LogP contribution >= 0.6 is 0 Å². The zero-order valence-electron chi connectivity index (χ0n) is 12.8. The Hall–Kier alpha value is -3.09. The van der Waals surface area contributed by atoms with Crippen molar-refractivity contribution in [3.05, 3.63) is 71.1 Å². The van der Waals surface area contributed by atoms with Gasteiger partial charge >= 0.3 is 6.03 Å². The Morgan fingerprint density at radius 3 is 2.61 bits per heavy atom. The molecule has 1 aromatic carbocycles. The fraction of sp³-hybridized carbons (Fsp3) is 0.188. The van der Waals surface area contributed by atoms with Gasteiger partial charge in [0.15, 0.2) is 0 Å². The molecule has 1 aromatic heterocycles. The second-order valence-corrected chi connectivity index (χ2v) is 5.01. The van der Waals surface area contributed by atoms with Crippen LogP contribution in [-0.4, -0.2) is 27.0 Å². The van der Waals surface area contributed by atoms with Crippen molar-refractivity contribution in [3.8, 4) is 0 Å². The Labute approximate surface area is 134 Å². The first kappa shape index (κ1) is 16.3. The minimum absolute atomic E-state index is 0.0187. The molecule has 0 bridgehead atoms. The molecule has 0 aliphatic rings. The SMILES string of the molecule is C=CCN(Cc1cccn1C)C(=O)Nc1ccc([N+](=O)[O-])cc1. The van der Waals surface area contributed by atoms with E-state index >= 15 is 0 Å². The first-order valence-electron chi connectivity index (χ1n) is 7.02. The molecule has 0 atom stereocenters. The van der Waals surface area contributed by atoms with E-state index in [9.17, 15) is 14.9 Å². The van der Waals surface area contributed by atoms with Gasteiger partial charge in [-0.1, -0.05) is 6.08 Å². The van der Waals surface area contributed by atoms with Crippen molar-refractivity contribution >= 4 is 17.4 Å². The van der Waals surface area contributed by atoms with E-state index in [1.165, 1.54) is 24.3 Å². The predicted octanol–water partition coefficient (Wildman–Crippen LogP) is 3.15. The van der Waals surface area contributed by atoms with Crippen LogP contribution in [0.2, 0.25) is 0 Å². The molecule has 0 unspecified atom stereocenters. The molecule has 2 amide bonds. The molecule has 7 heteroatoms. The van der Waals surface area contributed by atoms with Gasteiger partial charge in [0.2, 0.25) is 0 Å². The molecule has 0 fully saturated rings. The van der Waals surface area contributed by atoms with Crippen LogP contribution in [0.5, 0.6) is 0 Å². The zero-order valence-corrected chi connectivity index (χ0v) is 12.8. The van der Waals surface area contributed by atoms with E-state index in [-0.39, 0.29) is 11.7 Å². The van der Waals surface area contributed by atoms with E-state index in [1.54, 1.807) is 11.0 Å². The molecule has 0 saturated carbocycles. The van der Waals surface area contributed by atoms with Gasteiger partial charge < -0.3 is 14.8 Å². The summed E-state index contributed by atoms with van der Waals surface area (Å²) in [7, 11) is 1.91. The maximum atomic E-state index is 12.4. The molecule has 7 nitrogen and oxygen atoms in total. The highest BCUT2D eigenvalue weighted by Gasteiger charge is 2.14. The van der Waals surface area contributed by atoms with Gasteiger partial charge in [-0.2, -0.15) is 0 Å². The number of non-ortho nitro benzene ring substituents is 1. The van der Waals surface area contributed by atoms with E-state index in [0.29, 0.717) is 18.8 Å². The molecule has 23 heavy (non-hydrogen) atoms. The fourth-order valence-corrected chi connectivity index (χ4v) is 2.10. The number of nitrogens with zero attached hydrogens (tertiary/aromatic N) is 3. The van der Waals surface area contributed by atoms with Gasteiger partial charge in [0.05, 0.1) is 11.5 Å². The lowest BCUT2D eigenvalue weighted by molar-refractivity contribution is -0.384. The first-order chi connectivity index (χ1) is 11.0. The van der Waals surface area contributed by atoms with Crippen LogP contribution in [0.4, 0.5) is 16.2 Å². The largest absolute Gasteiger partial charge is 0.353 e. The third kappa shape index (κ3) is 4.19. The summed E-state index contributed by atoms with van der Waals surface area (Å²) < 4.78 is 1.94. The van der Waals surface area contributed by atoms with E-state index in [1.807, 2.05) is 29.9 Å². The van der Waals surface area contributed by atoms with Gasteiger partial charge in [-0.05, 0) is 24.3 Å². The molecule has 1 N–H and O–H groups in total. The van der Waals surface area contributed by atoms with Crippen molar-refractivity contribution in [1.29, 1.82) is 0 Å². The molecule has 0 radical (unpaired) electrons. The number of carbonyl (C=O) groups is 1. The number of urea groups is 1. The van der Waals surface area contributed by atoms with Crippen LogP contribution in [0.1, 0.15) is 5.69 Å². The predicted molar refractivity (Wildman–Crippen MR) is 88.1 cm³/mol. The molecule has 2 rings (SSSR count). The molecular formula is C16H18N4O3. The van der Waals surface area contributed by atoms with E-state index in [0.717, 1.165) is 5.69 Å². The lowest BCUT2D eigenvalue weighted by Gasteiger charge is -2.22. The van der Waals surface area contributed by atoms with Crippen molar-refractivity contribution in [2.45, 2.75) is 6.54 Å². The third-order valence-electron chi connectivity index (χ3n) is 3.37. The molecular weight excluding hydrogens is 296 g/mol. The number of nitro benzene ring substituents is 1. The maximum Gasteiger partial charge on any atom is 0.322 e. The Morgan fingerprint density at radius 2 is 2.09 bits per heavy atom. The second kappa shape index (κ2) is 7.26. The lowest BCUT2D eigenvalue weighted by Crippen LogP contribution is -2.35. The van der Waals surface area contributed by atoms with Gasteiger partial charge in [-0.3, -0.25) is 10.1 Å². The number of hydrogen-bond donors (Lipinski definition) is 1. The highest BCUT2D eigenvalue weighted by molar-refractivity contribution is 5.89. The summed E-state index contributed by atoms with van der Waals surface area (Å²) in [4.78, 5) is 24.1. The number of amides is 2. The summed E-state index contributed by atoms with van der Waals surface area (Å²) in [5, 5.41) is 13.4. The fourth-order valence-electron chi connectivity index (χ4n) is 2.10. The van der Waals surface area contributed by atoms with Crippen molar-refractivity contribution in [3.63, 3.8) is 0 Å². The van der Waals surface area contributed by atoms with Gasteiger partial charge in [0.25, 0.3) is 5.69 Å². The average Bonchev–Trinajstić information content (AvgIpc) is 2.92. The van der Waals surface area contributed by atoms with Gasteiger partial charge in [0, 0.05) is 43.3 Å². The number of anilines is 1. The molecule has 0 aliphatic heterocycles. The summed E-state index contributed by atoms with van der Waals surface area (Å²) in [6.07, 6.45) is 3.56. The van der Waals surface area contributed by atoms with E-state index in [2.05, 4.69) is 11.9 Å². The number of nitro groups is 1. The van der Waals surface area contributed by atoms with Gasteiger partial charge in [-0.25, -0.2) is 4.79 Å². The van der Waals surface area contributed by atoms with Crippen molar-refractivity contribution in [2.24, 2.45) is 7.05 Å². The highest BCUT2D eigenvalue weighted by atomic mass is 16.6. The van der Waals surface area contributed by atoms with Crippen molar-refractivity contribution < 1.29 is 9.72 Å². The average molecular weight is 314 g/mol. The van der Waals surface area contributed by atoms with Gasteiger partial charge in [-0.15, -0.1) is 6.58 Å². The summed E-state index contributed by atoms with van der Waals surface area (Å²) in [5.41, 5.74) is 1.47. The maximum absolute atomic E-state index is 12.4. The van der Waals surface area contributed by atoms with Crippen LogP contribution in [-0.2, 0) is 13.6 Å². The first-order valence-corrected chi connectivity index (χ1v) is 7.02. The number of carbonyl (C=O) groups excluding carboxylic acids is 1. The number of aryl methyl sites for hydroxylation is 1. The number of nitrogens with one attached hydrogen (secondary N) is 1. The molecule has 120 valence electrons. The number of benzene rings is 1. The molecule has 0 aliphatic carbocycles. The number of hydrogen-bond acceptors (Lipinski definition) is 3. The van der Waals surface area contributed by atoms with E-state index < -0.39 is 4.92 Å². The van der Waals surface area contributed by atoms with Crippen LogP contribution in [0.3, 0.4) is 0 Å². The van der Waals surface area contributed by atoms with Crippen LogP contribution in [0.25, 0.3) is 0 Å². The smallest absolute Gasteiger partial charge is 0.322 e. The van der Waals surface area contributed by atoms with E-state index in [4.69, 9.17) is 0 Å². The molecule has 1 heterocycles. The van der Waals surface area contributed by atoms with Crippen LogP contribution < -0.4 is 5.32 Å². The second-order valence-electron chi connectivity index (χ2n) is 5.01. The quantitative estimate of drug-likeness (QED) is 0.505. The Bertz CT molecular complexity index is 706. The van der Waals surface area contributed by atoms with Crippen molar-refractivity contribution in [2.75, 3.05) is 11.9 Å². The highest BCUT2D eigenvalue weighted by Crippen LogP contribution is 2.16. The lowest BCUT2D eigenvalue weighted by atomic mass is 10.3. The molecule has 2 aromatic rings. The number of aromatic nitrogens is 1. The van der Waals surface area contributed by atoms with Crippen molar-refractivity contribution in [1.82, 2.24) is 9.47 Å². The standard InChI is InChI=1S/C16H18N4O3/c1-3-10-19(12-15-5-4-11-18(15)2)16(21)17-13-6-8-14(9-7-13)20(22)23/h3-9,11H,1,10,12H2,2H3,(H,17,21). The normalized spacial score (nSPS) is 10.1. The zero-order chi connectivity index (χ0) is 16.8. The Kier molecular flexibility index (Phi) is 5.14. The van der Waals surface area contributed by atoms with Crippen LogP contribution in [0, 0.1) is 10.1 Å². The molecule has 0 spiro atoms. The monoisotopic (exact) mass is 314 g/mol. The minimum Gasteiger partial charge on any atom is -0.353 e.